The summed E-state index contributed by atoms with van der Waals surface area (Å²) in [5.74, 6) is -0.965. The number of benzene rings is 3. The van der Waals surface area contributed by atoms with Crippen LogP contribution in [0.15, 0.2) is 97.2 Å². The zero-order valence-electron chi connectivity index (χ0n) is 21.7. The number of carbonyl (C=O) groups is 1. The summed E-state index contributed by atoms with van der Waals surface area (Å²) in [5, 5.41) is 30.2. The summed E-state index contributed by atoms with van der Waals surface area (Å²) >= 11 is 2.26. The van der Waals surface area contributed by atoms with E-state index in [0.29, 0.717) is 25.1 Å². The number of para-hydroxylation sites is 1. The molecule has 5 rings (SSSR count). The lowest BCUT2D eigenvalue weighted by atomic mass is 9.83. The van der Waals surface area contributed by atoms with Gasteiger partial charge in [0.1, 0.15) is 0 Å². The van der Waals surface area contributed by atoms with Crippen LogP contribution in [0.1, 0.15) is 41.6 Å². The molecule has 0 saturated heterocycles. The van der Waals surface area contributed by atoms with Crippen LogP contribution in [0.3, 0.4) is 0 Å². The second-order valence-corrected chi connectivity index (χ2v) is 11.1. The number of aromatic nitrogens is 3. The van der Waals surface area contributed by atoms with Gasteiger partial charge in [0.05, 0.1) is 30.5 Å². The fourth-order valence-electron chi connectivity index (χ4n) is 5.16. The molecule has 39 heavy (non-hydrogen) atoms. The summed E-state index contributed by atoms with van der Waals surface area (Å²) in [4.78, 5) is 15.4. The number of aryl methyl sites for hydroxylation is 1. The molecule has 2 N–H and O–H groups in total. The highest BCUT2D eigenvalue weighted by Gasteiger charge is 2.52. The zero-order chi connectivity index (χ0) is 27.4. The first kappa shape index (κ1) is 27.2. The van der Waals surface area contributed by atoms with Crippen LogP contribution < -0.4 is 4.90 Å². The van der Waals surface area contributed by atoms with E-state index in [9.17, 15) is 15.0 Å². The summed E-state index contributed by atoms with van der Waals surface area (Å²) in [6, 6.07) is 25.3. The molecular formula is C31H31IN4O3. The van der Waals surface area contributed by atoms with Crippen LogP contribution in [0.5, 0.6) is 0 Å². The van der Waals surface area contributed by atoms with Crippen LogP contribution in [0.25, 0.3) is 0 Å². The Morgan fingerprint density at radius 2 is 1.82 bits per heavy atom. The van der Waals surface area contributed by atoms with E-state index in [-0.39, 0.29) is 18.4 Å². The second kappa shape index (κ2) is 11.8. The van der Waals surface area contributed by atoms with Crippen LogP contribution >= 0.6 is 22.6 Å². The maximum Gasteiger partial charge on any atom is 0.264 e. The van der Waals surface area contributed by atoms with Gasteiger partial charge in [-0.05, 0) is 58.3 Å². The van der Waals surface area contributed by atoms with E-state index < -0.39 is 11.5 Å². The molecule has 3 aromatic carbocycles. The predicted molar refractivity (Wildman–Crippen MR) is 159 cm³/mol. The van der Waals surface area contributed by atoms with Gasteiger partial charge in [0.2, 0.25) is 0 Å². The minimum atomic E-state index is -1.64. The molecule has 3 atom stereocenters. The largest absolute Gasteiger partial charge is 0.395 e. The van der Waals surface area contributed by atoms with Crippen molar-refractivity contribution in [3.8, 4) is 0 Å². The van der Waals surface area contributed by atoms with Gasteiger partial charge in [-0.2, -0.15) is 0 Å². The Morgan fingerprint density at radius 3 is 2.59 bits per heavy atom. The molecule has 8 heteroatoms. The fourth-order valence-corrected chi connectivity index (χ4v) is 5.77. The predicted octanol–water partition coefficient (Wildman–Crippen LogP) is 5.02. The molecule has 200 valence electrons. The van der Waals surface area contributed by atoms with Crippen molar-refractivity contribution in [3.63, 3.8) is 0 Å². The number of aliphatic hydroxyl groups is 2. The van der Waals surface area contributed by atoms with E-state index in [0.717, 1.165) is 26.1 Å². The van der Waals surface area contributed by atoms with Crippen LogP contribution in [0.2, 0.25) is 0 Å². The first-order chi connectivity index (χ1) is 18.9. The Bertz CT molecular complexity index is 1470. The summed E-state index contributed by atoms with van der Waals surface area (Å²) in [7, 11) is 0. The van der Waals surface area contributed by atoms with Gasteiger partial charge in [0.15, 0.2) is 5.60 Å². The van der Waals surface area contributed by atoms with Crippen molar-refractivity contribution in [2.45, 2.75) is 38.0 Å². The lowest BCUT2D eigenvalue weighted by Crippen LogP contribution is -2.44. The first-order valence-electron chi connectivity index (χ1n) is 13.0. The van der Waals surface area contributed by atoms with Crippen molar-refractivity contribution in [2.24, 2.45) is 5.92 Å². The molecule has 0 fully saturated rings. The molecular weight excluding hydrogens is 603 g/mol. The number of hydrogen-bond acceptors (Lipinski definition) is 5. The number of amides is 1. The minimum Gasteiger partial charge on any atom is -0.395 e. The molecule has 1 aromatic heterocycles. The third-order valence-electron chi connectivity index (χ3n) is 7.31. The average Bonchev–Trinajstić information content (AvgIpc) is 3.50. The molecule has 1 aliphatic heterocycles. The van der Waals surface area contributed by atoms with Gasteiger partial charge in [0, 0.05) is 27.8 Å². The second-order valence-electron chi connectivity index (χ2n) is 9.86. The standard InChI is InChI=1S/C31H31IN4O3/c1-22(10-7-8-17-35-20-28(33-34-35)26(21-37)24-12-3-2-4-13-24)31(39)27-15-5-6-16-29(27)36(30(31)38)19-23-11-9-14-25(32)18-23/h2-7,9-16,18,20,22,26,37,39H,8,17,19,21H2,1H3/b10-7+/t22-,26?,31+/m1/s1. The van der Waals surface area contributed by atoms with Crippen LogP contribution in [0, 0.1) is 9.49 Å². The van der Waals surface area contributed by atoms with E-state index in [4.69, 9.17) is 0 Å². The third kappa shape index (κ3) is 5.54. The SMILES string of the molecule is C[C@H](/C=C/CCn1cc(C(CO)c2ccccc2)nn1)[C@@]1(O)C(=O)N(Cc2cccc(I)c2)c2ccccc21. The normalized spacial score (nSPS) is 18.5. The van der Waals surface area contributed by atoms with Gasteiger partial charge < -0.3 is 15.1 Å². The summed E-state index contributed by atoms with van der Waals surface area (Å²) in [6.45, 7) is 2.82. The van der Waals surface area contributed by atoms with Crippen molar-refractivity contribution >= 4 is 34.2 Å². The van der Waals surface area contributed by atoms with E-state index >= 15 is 0 Å². The van der Waals surface area contributed by atoms with Crippen molar-refractivity contribution < 1.29 is 15.0 Å². The smallest absolute Gasteiger partial charge is 0.264 e. The van der Waals surface area contributed by atoms with Crippen LogP contribution in [-0.2, 0) is 23.5 Å². The highest BCUT2D eigenvalue weighted by molar-refractivity contribution is 14.1. The van der Waals surface area contributed by atoms with Crippen molar-refractivity contribution in [2.75, 3.05) is 11.5 Å². The van der Waals surface area contributed by atoms with Crippen LogP contribution in [0.4, 0.5) is 5.69 Å². The fraction of sp³-hybridized carbons (Fsp3) is 0.258. The van der Waals surface area contributed by atoms with Crippen molar-refractivity contribution in [1.29, 1.82) is 0 Å². The number of allylic oxidation sites excluding steroid dienone is 1. The summed E-state index contributed by atoms with van der Waals surface area (Å²) in [5.41, 5.74) is 2.47. The van der Waals surface area contributed by atoms with E-state index in [1.54, 1.807) is 9.58 Å². The molecule has 7 nitrogen and oxygen atoms in total. The topological polar surface area (TPSA) is 91.5 Å². The van der Waals surface area contributed by atoms with Gasteiger partial charge in [-0.25, -0.2) is 0 Å². The Morgan fingerprint density at radius 1 is 1.05 bits per heavy atom. The molecule has 2 heterocycles. The molecule has 0 radical (unpaired) electrons. The molecule has 0 aliphatic carbocycles. The highest BCUT2D eigenvalue weighted by atomic mass is 127. The van der Waals surface area contributed by atoms with E-state index in [2.05, 4.69) is 39.0 Å². The van der Waals surface area contributed by atoms with Crippen molar-refractivity contribution in [1.82, 2.24) is 15.0 Å². The number of fused-ring (bicyclic) bond motifs is 1. The third-order valence-corrected chi connectivity index (χ3v) is 7.98. The Balaban J connectivity index is 1.27. The molecule has 1 aliphatic rings. The molecule has 0 spiro atoms. The number of nitrogens with zero attached hydrogens (tertiary/aromatic N) is 4. The monoisotopic (exact) mass is 634 g/mol. The number of aliphatic hydroxyl groups excluding tert-OH is 1. The molecule has 4 aromatic rings. The number of hydrogen-bond donors (Lipinski definition) is 2. The first-order valence-corrected chi connectivity index (χ1v) is 14.1. The van der Waals surface area contributed by atoms with E-state index in [1.807, 2.05) is 98.1 Å². The van der Waals surface area contributed by atoms with Gasteiger partial charge in [-0.15, -0.1) is 5.10 Å². The van der Waals surface area contributed by atoms with Crippen molar-refractivity contribution in [3.05, 3.63) is 123 Å². The maximum absolute atomic E-state index is 13.7. The molecule has 1 unspecified atom stereocenters. The molecule has 0 bridgehead atoms. The van der Waals surface area contributed by atoms with Crippen LogP contribution in [-0.4, -0.2) is 37.7 Å². The maximum atomic E-state index is 13.7. The molecule has 0 saturated carbocycles. The number of rotatable bonds is 10. The minimum absolute atomic E-state index is 0.0469. The summed E-state index contributed by atoms with van der Waals surface area (Å²) < 4.78 is 2.85. The number of halogens is 1. The van der Waals surface area contributed by atoms with Gasteiger partial charge >= 0.3 is 0 Å². The van der Waals surface area contributed by atoms with E-state index in [1.165, 1.54) is 0 Å². The lowest BCUT2D eigenvalue weighted by molar-refractivity contribution is -0.139. The van der Waals surface area contributed by atoms with Gasteiger partial charge in [0.25, 0.3) is 5.91 Å². The Hall–Kier alpha value is -3.34. The van der Waals surface area contributed by atoms with Gasteiger partial charge in [-0.3, -0.25) is 9.48 Å². The number of anilines is 1. The van der Waals surface area contributed by atoms with Gasteiger partial charge in [-0.1, -0.05) is 85.0 Å². The quantitative estimate of drug-likeness (QED) is 0.189. The highest BCUT2D eigenvalue weighted by Crippen LogP contribution is 2.45. The number of carbonyl (C=O) groups excluding carboxylic acids is 1. The molecule has 1 amide bonds. The Labute approximate surface area is 241 Å². The summed E-state index contributed by atoms with van der Waals surface area (Å²) in [6.07, 6.45) is 6.39. The lowest BCUT2D eigenvalue weighted by Gasteiger charge is -2.27. The average molecular weight is 635 g/mol. The zero-order valence-corrected chi connectivity index (χ0v) is 23.8. The Kier molecular flexibility index (Phi) is 8.25.